The largest absolute Gasteiger partial charge is 0.378 e. The monoisotopic (exact) mass is 188 g/mol. The number of rotatable bonds is 2. The third kappa shape index (κ3) is 2.67. The molecule has 2 atom stereocenters. The van der Waals surface area contributed by atoms with Crippen LogP contribution in [-0.4, -0.2) is 18.4 Å². The third-order valence-corrected chi connectivity index (χ3v) is 3.51. The van der Waals surface area contributed by atoms with Gasteiger partial charge in [-0.25, -0.2) is 4.39 Å². The average molecular weight is 188 g/mol. The molecule has 78 valence electrons. The quantitative estimate of drug-likeness (QED) is 0.603. The fourth-order valence-corrected chi connectivity index (χ4v) is 2.22. The summed E-state index contributed by atoms with van der Waals surface area (Å²) in [4.78, 5) is 0. The van der Waals surface area contributed by atoms with Gasteiger partial charge in [0.05, 0.1) is 5.60 Å². The highest BCUT2D eigenvalue weighted by Gasteiger charge is 2.36. The minimum Gasteiger partial charge on any atom is -0.378 e. The molecule has 1 nitrogen and oxygen atoms in total. The Bertz CT molecular complexity index is 161. The summed E-state index contributed by atoms with van der Waals surface area (Å²) in [6.07, 6.45) is 5.17. The van der Waals surface area contributed by atoms with Crippen molar-refractivity contribution < 1.29 is 9.13 Å². The second-order valence-corrected chi connectivity index (χ2v) is 4.51. The van der Waals surface area contributed by atoms with E-state index in [0.29, 0.717) is 12.8 Å². The third-order valence-electron chi connectivity index (χ3n) is 3.51. The van der Waals surface area contributed by atoms with Gasteiger partial charge in [-0.1, -0.05) is 6.92 Å². The van der Waals surface area contributed by atoms with Gasteiger partial charge < -0.3 is 4.74 Å². The zero-order valence-electron chi connectivity index (χ0n) is 9.03. The Morgan fingerprint density at radius 1 is 1.23 bits per heavy atom. The van der Waals surface area contributed by atoms with E-state index in [1.807, 2.05) is 0 Å². The summed E-state index contributed by atoms with van der Waals surface area (Å²) in [5, 5.41) is 0. The maximum Gasteiger partial charge on any atom is 0.108 e. The van der Waals surface area contributed by atoms with Crippen molar-refractivity contribution in [3.05, 3.63) is 0 Å². The van der Waals surface area contributed by atoms with Crippen molar-refractivity contribution in [2.75, 3.05) is 7.11 Å². The number of halogens is 1. The van der Waals surface area contributed by atoms with Crippen LogP contribution in [0, 0.1) is 0 Å². The fraction of sp³-hybridized carbons (Fsp3) is 1.00. The molecule has 0 aliphatic heterocycles. The minimum atomic E-state index is -0.963. The molecule has 1 aliphatic carbocycles. The summed E-state index contributed by atoms with van der Waals surface area (Å²) < 4.78 is 19.2. The van der Waals surface area contributed by atoms with Crippen molar-refractivity contribution in [1.82, 2.24) is 0 Å². The van der Waals surface area contributed by atoms with Crippen molar-refractivity contribution in [2.45, 2.75) is 63.6 Å². The van der Waals surface area contributed by atoms with Gasteiger partial charge in [0.2, 0.25) is 0 Å². The van der Waals surface area contributed by atoms with E-state index in [1.165, 1.54) is 0 Å². The maximum absolute atomic E-state index is 13.7. The SMILES string of the molecule is CCC1(OC)CCCC(C)(F)CC1. The van der Waals surface area contributed by atoms with E-state index in [1.54, 1.807) is 14.0 Å². The van der Waals surface area contributed by atoms with Gasteiger partial charge in [0.25, 0.3) is 0 Å². The highest BCUT2D eigenvalue weighted by atomic mass is 19.1. The van der Waals surface area contributed by atoms with Crippen LogP contribution in [0.4, 0.5) is 4.39 Å². The Balaban J connectivity index is 2.62. The molecule has 0 aromatic rings. The molecule has 0 bridgehead atoms. The van der Waals surface area contributed by atoms with Crippen LogP contribution in [0.1, 0.15) is 52.4 Å². The van der Waals surface area contributed by atoms with E-state index in [4.69, 9.17) is 4.74 Å². The number of ether oxygens (including phenoxy) is 1. The number of alkyl halides is 1. The molecule has 0 radical (unpaired) electrons. The molecule has 0 spiro atoms. The zero-order valence-corrected chi connectivity index (χ0v) is 9.03. The first-order chi connectivity index (χ1) is 6.04. The Kier molecular flexibility index (Phi) is 3.33. The van der Waals surface area contributed by atoms with E-state index in [9.17, 15) is 4.39 Å². The van der Waals surface area contributed by atoms with Crippen LogP contribution >= 0.6 is 0 Å². The summed E-state index contributed by atoms with van der Waals surface area (Å²) in [6.45, 7) is 3.85. The molecular weight excluding hydrogens is 167 g/mol. The van der Waals surface area contributed by atoms with Gasteiger partial charge in [0.15, 0.2) is 0 Å². The second-order valence-electron chi connectivity index (χ2n) is 4.51. The van der Waals surface area contributed by atoms with Crippen LogP contribution in [-0.2, 0) is 4.74 Å². The Hall–Kier alpha value is -0.110. The van der Waals surface area contributed by atoms with Crippen LogP contribution in [0.5, 0.6) is 0 Å². The maximum atomic E-state index is 13.7. The van der Waals surface area contributed by atoms with Gasteiger partial charge in [-0.15, -0.1) is 0 Å². The molecule has 1 saturated carbocycles. The summed E-state index contributed by atoms with van der Waals surface area (Å²) >= 11 is 0. The van der Waals surface area contributed by atoms with Crippen LogP contribution in [0.15, 0.2) is 0 Å². The van der Waals surface area contributed by atoms with E-state index in [2.05, 4.69) is 6.92 Å². The van der Waals surface area contributed by atoms with E-state index >= 15 is 0 Å². The lowest BCUT2D eigenvalue weighted by Gasteiger charge is -2.30. The van der Waals surface area contributed by atoms with Gasteiger partial charge in [0.1, 0.15) is 5.67 Å². The first-order valence-electron chi connectivity index (χ1n) is 5.28. The Morgan fingerprint density at radius 2 is 1.92 bits per heavy atom. The number of hydrogen-bond acceptors (Lipinski definition) is 1. The van der Waals surface area contributed by atoms with Gasteiger partial charge in [-0.05, 0) is 45.4 Å². The lowest BCUT2D eigenvalue weighted by atomic mass is 9.90. The van der Waals surface area contributed by atoms with Gasteiger partial charge in [0, 0.05) is 7.11 Å². The highest BCUT2D eigenvalue weighted by Crippen LogP contribution is 2.38. The van der Waals surface area contributed by atoms with Gasteiger partial charge in [-0.3, -0.25) is 0 Å². The molecular formula is C11H21FO. The molecule has 13 heavy (non-hydrogen) atoms. The van der Waals surface area contributed by atoms with Gasteiger partial charge in [-0.2, -0.15) is 0 Å². The number of methoxy groups -OCH3 is 1. The van der Waals surface area contributed by atoms with Crippen LogP contribution in [0.3, 0.4) is 0 Å². The Morgan fingerprint density at radius 3 is 2.46 bits per heavy atom. The first-order valence-corrected chi connectivity index (χ1v) is 5.28. The lowest BCUT2D eigenvalue weighted by Crippen LogP contribution is -2.30. The van der Waals surface area contributed by atoms with Crippen molar-refractivity contribution >= 4 is 0 Å². The Labute approximate surface area is 80.7 Å². The standard InChI is InChI=1S/C11H21FO/c1-4-11(13-3)7-5-6-10(2,12)8-9-11/h4-9H2,1-3H3. The second kappa shape index (κ2) is 3.95. The van der Waals surface area contributed by atoms with Crippen LogP contribution in [0.25, 0.3) is 0 Å². The van der Waals surface area contributed by atoms with Crippen molar-refractivity contribution in [1.29, 1.82) is 0 Å². The van der Waals surface area contributed by atoms with E-state index in [0.717, 1.165) is 25.7 Å². The van der Waals surface area contributed by atoms with E-state index < -0.39 is 5.67 Å². The predicted octanol–water partition coefficient (Wildman–Crippen LogP) is 3.47. The average Bonchev–Trinajstić information content (AvgIpc) is 2.25. The molecule has 0 aromatic heterocycles. The van der Waals surface area contributed by atoms with E-state index in [-0.39, 0.29) is 5.60 Å². The lowest BCUT2D eigenvalue weighted by molar-refractivity contribution is -0.0286. The summed E-state index contributed by atoms with van der Waals surface area (Å²) in [6, 6.07) is 0. The molecule has 1 aliphatic rings. The van der Waals surface area contributed by atoms with Crippen LogP contribution < -0.4 is 0 Å². The van der Waals surface area contributed by atoms with Gasteiger partial charge >= 0.3 is 0 Å². The number of hydrogen-bond donors (Lipinski definition) is 0. The molecule has 1 rings (SSSR count). The smallest absolute Gasteiger partial charge is 0.108 e. The van der Waals surface area contributed by atoms with Crippen molar-refractivity contribution in [3.8, 4) is 0 Å². The predicted molar refractivity (Wildman–Crippen MR) is 52.6 cm³/mol. The molecule has 1 fully saturated rings. The van der Waals surface area contributed by atoms with Crippen LogP contribution in [0.2, 0.25) is 0 Å². The molecule has 0 heterocycles. The molecule has 0 aromatic carbocycles. The molecule has 0 amide bonds. The summed E-state index contributed by atoms with van der Waals surface area (Å²) in [5.74, 6) is 0. The van der Waals surface area contributed by atoms with Crippen molar-refractivity contribution in [3.63, 3.8) is 0 Å². The minimum absolute atomic E-state index is 0.0378. The summed E-state index contributed by atoms with van der Waals surface area (Å²) in [7, 11) is 1.75. The molecule has 2 heteroatoms. The molecule has 2 unspecified atom stereocenters. The fourth-order valence-electron chi connectivity index (χ4n) is 2.22. The normalized spacial score (nSPS) is 41.5. The molecule has 0 saturated heterocycles. The highest BCUT2D eigenvalue weighted by molar-refractivity contribution is 4.88. The zero-order chi connectivity index (χ0) is 9.95. The summed E-state index contributed by atoms with van der Waals surface area (Å²) in [5.41, 5.74) is -1.00. The van der Waals surface area contributed by atoms with Crippen molar-refractivity contribution in [2.24, 2.45) is 0 Å². The molecule has 0 N–H and O–H groups in total. The topological polar surface area (TPSA) is 9.23 Å². The first kappa shape index (κ1) is 11.0.